The number of hydrogen-bond acceptors (Lipinski definition) is 8. The number of carbonyl (C=O) groups is 2. The number of nitrogens with one attached hydrogen (secondary N) is 1. The maximum Gasteiger partial charge on any atom is 0.264 e. The summed E-state index contributed by atoms with van der Waals surface area (Å²) in [5, 5.41) is 12.4. The van der Waals surface area contributed by atoms with Crippen LogP contribution in [-0.4, -0.2) is 99.9 Å². The number of ether oxygens (including phenoxy) is 1. The number of benzene rings is 1. The minimum atomic E-state index is -4.03. The van der Waals surface area contributed by atoms with Crippen LogP contribution in [0.5, 0.6) is 5.75 Å². The van der Waals surface area contributed by atoms with Gasteiger partial charge in [-0.1, -0.05) is 42.3 Å². The van der Waals surface area contributed by atoms with Gasteiger partial charge < -0.3 is 24.5 Å². The summed E-state index contributed by atoms with van der Waals surface area (Å²) in [6, 6.07) is 5.19. The number of likely N-dealkylation sites (N-methyl/N-ethyl adjacent to an activating group) is 2. The van der Waals surface area contributed by atoms with Gasteiger partial charge in [-0.2, -0.15) is 0 Å². The van der Waals surface area contributed by atoms with E-state index in [1.807, 2.05) is 32.0 Å². The van der Waals surface area contributed by atoms with Crippen molar-refractivity contribution in [3.05, 3.63) is 58.7 Å². The smallest absolute Gasteiger partial charge is 0.264 e. The number of nitrogens with zero attached hydrogens (tertiary/aromatic N) is 3. The predicted molar refractivity (Wildman–Crippen MR) is 201 cm³/mol. The average Bonchev–Trinajstić information content (AvgIpc) is 3.21. The molecule has 5 aliphatic rings. The fraction of sp³-hybridized carbons (Fsp3) is 0.641. The Kier molecular flexibility index (Phi) is 11.0. The number of carbonyl (C=O) groups excluding carboxylic acids is 2. The summed E-state index contributed by atoms with van der Waals surface area (Å²) < 4.78 is 35.9. The minimum absolute atomic E-state index is 0.0516. The SMILES string of the molecule is C[C@@H]1[C@@H](C)C/C=C/[C@](O)(CC(=O)N(C)CCN(C)C)[C@@H]2CC[C@H]2CN2C[C@@]3(CCCC4=CC(Cl)=CCC43)COc3ccc(cc32)C(=O)NS1(=O)=O. The number of sulfonamides is 1. The van der Waals surface area contributed by atoms with Crippen molar-refractivity contribution < 1.29 is 27.9 Å². The lowest BCUT2D eigenvalue weighted by Gasteiger charge is -2.50. The zero-order valence-electron chi connectivity index (χ0n) is 30.7. The average molecular weight is 743 g/mol. The first-order valence-corrected chi connectivity index (χ1v) is 20.5. The molecule has 1 aromatic carbocycles. The summed E-state index contributed by atoms with van der Waals surface area (Å²) in [4.78, 5) is 33.2. The number of fused-ring (bicyclic) bond motifs is 4. The summed E-state index contributed by atoms with van der Waals surface area (Å²) in [6.07, 6.45) is 13.6. The number of halogens is 1. The van der Waals surface area contributed by atoms with Gasteiger partial charge in [0.1, 0.15) is 5.75 Å². The number of rotatable bonds is 5. The van der Waals surface area contributed by atoms with E-state index in [4.69, 9.17) is 16.3 Å². The lowest BCUT2D eigenvalue weighted by atomic mass is 9.61. The Hall–Kier alpha value is -2.86. The van der Waals surface area contributed by atoms with Crippen molar-refractivity contribution in [2.75, 3.05) is 58.8 Å². The van der Waals surface area contributed by atoms with Gasteiger partial charge in [0.2, 0.25) is 15.9 Å². The van der Waals surface area contributed by atoms with Crippen LogP contribution in [0.25, 0.3) is 0 Å². The highest BCUT2D eigenvalue weighted by Crippen LogP contribution is 2.53. The molecule has 2 saturated carbocycles. The molecular weight excluding hydrogens is 688 g/mol. The monoisotopic (exact) mass is 742 g/mol. The summed E-state index contributed by atoms with van der Waals surface area (Å²) in [5.74, 6) is -0.350. The van der Waals surface area contributed by atoms with Crippen LogP contribution in [0.3, 0.4) is 0 Å². The Morgan fingerprint density at radius 1 is 1.16 bits per heavy atom. The minimum Gasteiger partial charge on any atom is -0.491 e. The van der Waals surface area contributed by atoms with Crippen LogP contribution in [-0.2, 0) is 14.8 Å². The maximum absolute atomic E-state index is 13.6. The zero-order chi connectivity index (χ0) is 36.7. The third-order valence-electron chi connectivity index (χ3n) is 12.5. The van der Waals surface area contributed by atoms with E-state index in [2.05, 4.69) is 21.8 Å². The Morgan fingerprint density at radius 2 is 1.94 bits per heavy atom. The van der Waals surface area contributed by atoms with Gasteiger partial charge in [0.25, 0.3) is 5.91 Å². The summed E-state index contributed by atoms with van der Waals surface area (Å²) in [7, 11) is 1.68. The number of allylic oxidation sites excluding steroid dienone is 5. The molecule has 2 amide bonds. The number of hydrogen-bond donors (Lipinski definition) is 2. The second-order valence-corrected chi connectivity index (χ2v) is 18.7. The molecule has 12 heteroatoms. The van der Waals surface area contributed by atoms with E-state index in [1.165, 1.54) is 5.57 Å². The topological polar surface area (TPSA) is 119 Å². The molecule has 6 rings (SSSR count). The van der Waals surface area contributed by atoms with Gasteiger partial charge in [-0.3, -0.25) is 9.59 Å². The molecule has 2 bridgehead atoms. The highest BCUT2D eigenvalue weighted by molar-refractivity contribution is 7.90. The summed E-state index contributed by atoms with van der Waals surface area (Å²) in [5.41, 5.74) is 0.726. The van der Waals surface area contributed by atoms with E-state index < -0.39 is 26.8 Å². The second kappa shape index (κ2) is 14.9. The van der Waals surface area contributed by atoms with Crippen LogP contribution in [0.2, 0.25) is 0 Å². The molecule has 10 nitrogen and oxygen atoms in total. The van der Waals surface area contributed by atoms with Crippen LogP contribution in [0.4, 0.5) is 5.69 Å². The van der Waals surface area contributed by atoms with Crippen LogP contribution < -0.4 is 14.4 Å². The molecule has 0 aromatic heterocycles. The third-order valence-corrected chi connectivity index (χ3v) is 14.7. The predicted octanol–water partition coefficient (Wildman–Crippen LogP) is 5.34. The lowest BCUT2D eigenvalue weighted by Crippen LogP contribution is -2.54. The molecule has 1 spiro atoms. The van der Waals surface area contributed by atoms with Gasteiger partial charge in [0.05, 0.1) is 29.6 Å². The van der Waals surface area contributed by atoms with E-state index in [0.717, 1.165) is 49.2 Å². The third kappa shape index (κ3) is 7.92. The molecule has 51 heavy (non-hydrogen) atoms. The van der Waals surface area contributed by atoms with Crippen LogP contribution in [0, 0.1) is 29.1 Å². The fourth-order valence-corrected chi connectivity index (χ4v) is 10.4. The van der Waals surface area contributed by atoms with Crippen molar-refractivity contribution in [2.24, 2.45) is 29.1 Å². The molecule has 0 saturated heterocycles. The van der Waals surface area contributed by atoms with Crippen molar-refractivity contribution in [3.8, 4) is 5.75 Å². The van der Waals surface area contributed by atoms with Crippen LogP contribution >= 0.6 is 11.6 Å². The van der Waals surface area contributed by atoms with Crippen molar-refractivity contribution in [3.63, 3.8) is 0 Å². The van der Waals surface area contributed by atoms with E-state index in [9.17, 15) is 23.1 Å². The first-order chi connectivity index (χ1) is 24.1. The summed E-state index contributed by atoms with van der Waals surface area (Å²) >= 11 is 6.49. The lowest BCUT2D eigenvalue weighted by molar-refractivity contribution is -0.138. The van der Waals surface area contributed by atoms with E-state index in [-0.39, 0.29) is 47.0 Å². The molecule has 2 N–H and O–H groups in total. The highest BCUT2D eigenvalue weighted by Gasteiger charge is 2.50. The molecule has 280 valence electrons. The van der Waals surface area contributed by atoms with Gasteiger partial charge in [-0.15, -0.1) is 0 Å². The van der Waals surface area contributed by atoms with Crippen molar-refractivity contribution >= 4 is 39.1 Å². The van der Waals surface area contributed by atoms with Gasteiger partial charge in [0, 0.05) is 49.2 Å². The first kappa shape index (κ1) is 37.9. The van der Waals surface area contributed by atoms with Gasteiger partial charge in [-0.05, 0) is 114 Å². The normalized spacial score (nSPS) is 34.1. The van der Waals surface area contributed by atoms with E-state index in [0.29, 0.717) is 45.0 Å². The first-order valence-electron chi connectivity index (χ1n) is 18.5. The largest absolute Gasteiger partial charge is 0.491 e. The quantitative estimate of drug-likeness (QED) is 0.389. The van der Waals surface area contributed by atoms with E-state index >= 15 is 0 Å². The molecule has 7 atom stereocenters. The molecule has 2 aliphatic heterocycles. The van der Waals surface area contributed by atoms with Gasteiger partial charge >= 0.3 is 0 Å². The molecule has 3 aliphatic carbocycles. The zero-order valence-corrected chi connectivity index (χ0v) is 32.3. The molecule has 1 unspecified atom stereocenters. The number of aliphatic hydroxyl groups is 1. The van der Waals surface area contributed by atoms with Crippen molar-refractivity contribution in [1.29, 1.82) is 0 Å². The maximum atomic E-state index is 13.6. The van der Waals surface area contributed by atoms with Gasteiger partial charge in [-0.25, -0.2) is 13.1 Å². The Labute approximate surface area is 309 Å². The molecule has 2 fully saturated rings. The summed E-state index contributed by atoms with van der Waals surface area (Å²) in [6.45, 7) is 6.46. The van der Waals surface area contributed by atoms with Crippen molar-refractivity contribution in [1.82, 2.24) is 14.5 Å². The van der Waals surface area contributed by atoms with E-state index in [1.54, 1.807) is 43.1 Å². The highest BCUT2D eigenvalue weighted by atomic mass is 35.5. The Morgan fingerprint density at radius 3 is 2.67 bits per heavy atom. The Balaban J connectivity index is 1.39. The van der Waals surface area contributed by atoms with Crippen molar-refractivity contribution in [2.45, 2.75) is 76.1 Å². The number of anilines is 1. The Bertz CT molecular complexity index is 1710. The second-order valence-electron chi connectivity index (χ2n) is 16.2. The molecular formula is C39H55ClN4O6S. The molecule has 0 radical (unpaired) electrons. The standard InChI is InChI=1S/C39H55ClN4O6S/c1-26-8-6-17-39(47,22-36(45)43(5)19-18-42(3)4)33-13-10-30(33)23-44-24-38(16-7-9-28-20-31(40)12-14-32(28)38)25-50-35-15-11-29(21-34(35)44)37(46)41-51(48,49)27(26)2/h6,11-12,15,17,20-21,26-27,30,32-33,47H,7-10,13-14,16,18-19,22-25H2,1-5H3,(H,41,46)/b17-6+/t26-,27+,30-,32?,33+,38-,39-/m0/s1. The molecule has 1 aromatic rings. The van der Waals surface area contributed by atoms with Gasteiger partial charge in [0.15, 0.2) is 0 Å². The molecule has 2 heterocycles. The van der Waals surface area contributed by atoms with Crippen LogP contribution in [0.1, 0.15) is 75.6 Å². The number of amides is 2. The van der Waals surface area contributed by atoms with Crippen LogP contribution in [0.15, 0.2) is 53.1 Å². The fourth-order valence-electron chi connectivity index (χ4n) is 8.87.